The molecule has 0 unspecified atom stereocenters. The first-order valence-electron chi connectivity index (χ1n) is 9.82. The third-order valence-corrected chi connectivity index (χ3v) is 6.14. The van der Waals surface area contributed by atoms with Crippen LogP contribution >= 0.6 is 11.8 Å². The fourth-order valence-electron chi connectivity index (χ4n) is 3.63. The predicted molar refractivity (Wildman–Crippen MR) is 108 cm³/mol. The molecule has 1 aromatic heterocycles. The quantitative estimate of drug-likeness (QED) is 0.552. The summed E-state index contributed by atoms with van der Waals surface area (Å²) in [6.45, 7) is 2.86. The minimum Gasteiger partial charge on any atom is -0.472 e. The fourth-order valence-corrected chi connectivity index (χ4v) is 4.56. The van der Waals surface area contributed by atoms with Crippen LogP contribution in [0.25, 0.3) is 0 Å². The number of carbonyl (C=O) groups is 2. The number of hydrogen-bond donors (Lipinski definition) is 2. The molecule has 2 N–H and O–H groups in total. The van der Waals surface area contributed by atoms with E-state index < -0.39 is 11.8 Å². The van der Waals surface area contributed by atoms with Crippen molar-refractivity contribution >= 4 is 23.6 Å². The molecule has 0 saturated carbocycles. The Kier molecular flexibility index (Phi) is 7.83. The van der Waals surface area contributed by atoms with Crippen LogP contribution in [-0.2, 0) is 9.59 Å². The van der Waals surface area contributed by atoms with Gasteiger partial charge < -0.3 is 15.1 Å². The molecule has 7 heteroatoms. The maximum atomic E-state index is 12.2. The van der Waals surface area contributed by atoms with Gasteiger partial charge in [-0.3, -0.25) is 14.5 Å². The molecule has 0 aromatic carbocycles. The lowest BCUT2D eigenvalue weighted by Gasteiger charge is -2.33. The molecule has 2 heterocycles. The maximum Gasteiger partial charge on any atom is 0.309 e. The van der Waals surface area contributed by atoms with Gasteiger partial charge in [0.05, 0.1) is 18.6 Å². The third kappa shape index (κ3) is 6.14. The molecule has 2 amide bonds. The zero-order valence-electron chi connectivity index (χ0n) is 15.7. The van der Waals surface area contributed by atoms with Gasteiger partial charge in [-0.1, -0.05) is 11.6 Å². The number of thioether (sulfide) groups is 1. The second-order valence-corrected chi connectivity index (χ2v) is 8.27. The zero-order valence-corrected chi connectivity index (χ0v) is 16.6. The Morgan fingerprint density at radius 1 is 1.19 bits per heavy atom. The van der Waals surface area contributed by atoms with E-state index in [1.807, 2.05) is 17.8 Å². The molecular weight excluding hydrogens is 362 g/mol. The van der Waals surface area contributed by atoms with Gasteiger partial charge in [0.2, 0.25) is 0 Å². The second-order valence-electron chi connectivity index (χ2n) is 7.04. The smallest absolute Gasteiger partial charge is 0.309 e. The van der Waals surface area contributed by atoms with E-state index in [9.17, 15) is 9.59 Å². The van der Waals surface area contributed by atoms with Gasteiger partial charge in [-0.15, -0.1) is 0 Å². The van der Waals surface area contributed by atoms with Crippen molar-refractivity contribution in [3.05, 3.63) is 35.8 Å². The second kappa shape index (κ2) is 10.6. The molecule has 148 valence electrons. The first-order valence-corrected chi connectivity index (χ1v) is 11.0. The Morgan fingerprint density at radius 3 is 2.70 bits per heavy atom. The summed E-state index contributed by atoms with van der Waals surface area (Å²) < 4.78 is 5.22. The molecular formula is C20H29N3O3S. The summed E-state index contributed by atoms with van der Waals surface area (Å²) >= 11 is 1.94. The van der Waals surface area contributed by atoms with E-state index in [0.29, 0.717) is 13.1 Å². The Balaban J connectivity index is 1.45. The van der Waals surface area contributed by atoms with Crippen molar-refractivity contribution in [2.45, 2.75) is 38.1 Å². The van der Waals surface area contributed by atoms with E-state index in [-0.39, 0.29) is 6.04 Å². The number of hydrogen-bond acceptors (Lipinski definition) is 5. The van der Waals surface area contributed by atoms with Crippen LogP contribution in [0.1, 0.15) is 43.7 Å². The van der Waals surface area contributed by atoms with Gasteiger partial charge in [0.1, 0.15) is 0 Å². The van der Waals surface area contributed by atoms with Crippen molar-refractivity contribution in [2.24, 2.45) is 0 Å². The van der Waals surface area contributed by atoms with Crippen molar-refractivity contribution in [3.8, 4) is 0 Å². The third-order valence-electron chi connectivity index (χ3n) is 5.19. The van der Waals surface area contributed by atoms with Crippen molar-refractivity contribution in [1.82, 2.24) is 15.5 Å². The topological polar surface area (TPSA) is 74.6 Å². The molecule has 1 fully saturated rings. The van der Waals surface area contributed by atoms with E-state index >= 15 is 0 Å². The highest BCUT2D eigenvalue weighted by molar-refractivity contribution is 7.99. The SMILES string of the molecule is O=C(NCCC1=CCCCC1)C(=O)NC[C@@H](c1ccoc1)N1CCSCC1. The summed E-state index contributed by atoms with van der Waals surface area (Å²) in [7, 11) is 0. The molecule has 1 aliphatic carbocycles. The summed E-state index contributed by atoms with van der Waals surface area (Å²) in [5.41, 5.74) is 2.43. The lowest BCUT2D eigenvalue weighted by Crippen LogP contribution is -2.45. The predicted octanol–water partition coefficient (Wildman–Crippen LogP) is 2.49. The van der Waals surface area contributed by atoms with Crippen LogP contribution in [0.15, 0.2) is 34.7 Å². The van der Waals surface area contributed by atoms with Gasteiger partial charge in [-0.05, 0) is 38.2 Å². The van der Waals surface area contributed by atoms with E-state index in [1.165, 1.54) is 18.4 Å². The molecule has 1 saturated heterocycles. The number of nitrogens with zero attached hydrogens (tertiary/aromatic N) is 1. The zero-order chi connectivity index (χ0) is 18.9. The summed E-state index contributed by atoms with van der Waals surface area (Å²) in [6.07, 6.45) is 11.2. The van der Waals surface area contributed by atoms with Gasteiger partial charge in [0.15, 0.2) is 0 Å². The highest BCUT2D eigenvalue weighted by Crippen LogP contribution is 2.24. The summed E-state index contributed by atoms with van der Waals surface area (Å²) in [6, 6.07) is 1.96. The lowest BCUT2D eigenvalue weighted by atomic mass is 9.97. The first-order chi connectivity index (χ1) is 13.2. The van der Waals surface area contributed by atoms with Crippen LogP contribution in [0.2, 0.25) is 0 Å². The van der Waals surface area contributed by atoms with E-state index in [1.54, 1.807) is 12.5 Å². The Morgan fingerprint density at radius 2 is 2.00 bits per heavy atom. The van der Waals surface area contributed by atoms with Crippen molar-refractivity contribution in [2.75, 3.05) is 37.7 Å². The van der Waals surface area contributed by atoms with Gasteiger partial charge in [0.25, 0.3) is 0 Å². The van der Waals surface area contributed by atoms with E-state index in [0.717, 1.165) is 49.4 Å². The largest absolute Gasteiger partial charge is 0.472 e. The summed E-state index contributed by atoms with van der Waals surface area (Å²) in [5.74, 6) is 1.05. The fraction of sp³-hybridized carbons (Fsp3) is 0.600. The number of amides is 2. The molecule has 2 aliphatic rings. The van der Waals surface area contributed by atoms with Crippen LogP contribution in [0, 0.1) is 0 Å². The number of allylic oxidation sites excluding steroid dienone is 1. The first kappa shape index (κ1) is 20.0. The van der Waals surface area contributed by atoms with Crippen LogP contribution in [-0.4, -0.2) is 54.4 Å². The maximum absolute atomic E-state index is 12.2. The van der Waals surface area contributed by atoms with Gasteiger partial charge in [0, 0.05) is 43.2 Å². The Hall–Kier alpha value is -1.73. The van der Waals surface area contributed by atoms with Crippen molar-refractivity contribution in [3.63, 3.8) is 0 Å². The van der Waals surface area contributed by atoms with Gasteiger partial charge in [-0.25, -0.2) is 0 Å². The van der Waals surface area contributed by atoms with Crippen LogP contribution in [0.3, 0.4) is 0 Å². The molecule has 0 bridgehead atoms. The standard InChI is InChI=1S/C20H29N3O3S/c24-19(21-8-6-16-4-2-1-3-5-16)20(25)22-14-18(17-7-11-26-15-17)23-9-12-27-13-10-23/h4,7,11,15,18H,1-3,5-6,8-10,12-14H2,(H,21,24)(H,22,25)/t18-/m0/s1. The van der Waals surface area contributed by atoms with E-state index in [4.69, 9.17) is 4.42 Å². The van der Waals surface area contributed by atoms with Crippen LogP contribution in [0.4, 0.5) is 0 Å². The lowest BCUT2D eigenvalue weighted by molar-refractivity contribution is -0.139. The highest BCUT2D eigenvalue weighted by atomic mass is 32.2. The van der Waals surface area contributed by atoms with Gasteiger partial charge >= 0.3 is 11.8 Å². The van der Waals surface area contributed by atoms with E-state index in [2.05, 4.69) is 21.6 Å². The Labute approximate surface area is 165 Å². The molecule has 27 heavy (non-hydrogen) atoms. The molecule has 0 radical (unpaired) electrons. The molecule has 1 atom stereocenters. The monoisotopic (exact) mass is 391 g/mol. The summed E-state index contributed by atoms with van der Waals surface area (Å²) in [4.78, 5) is 26.6. The number of nitrogens with one attached hydrogen (secondary N) is 2. The van der Waals surface area contributed by atoms with Crippen molar-refractivity contribution < 1.29 is 14.0 Å². The minimum absolute atomic E-state index is 0.0359. The highest BCUT2D eigenvalue weighted by Gasteiger charge is 2.25. The average molecular weight is 392 g/mol. The molecule has 0 spiro atoms. The van der Waals surface area contributed by atoms with Crippen LogP contribution < -0.4 is 10.6 Å². The molecule has 6 nitrogen and oxygen atoms in total. The van der Waals surface area contributed by atoms with Crippen LogP contribution in [0.5, 0.6) is 0 Å². The van der Waals surface area contributed by atoms with Gasteiger partial charge in [-0.2, -0.15) is 11.8 Å². The molecule has 3 rings (SSSR count). The number of carbonyl (C=O) groups excluding carboxylic acids is 2. The Bertz CT molecular complexity index is 639. The van der Waals surface area contributed by atoms with Crippen molar-refractivity contribution in [1.29, 1.82) is 0 Å². The number of rotatable bonds is 7. The summed E-state index contributed by atoms with van der Waals surface area (Å²) in [5, 5.41) is 5.54. The minimum atomic E-state index is -0.562. The molecule has 1 aliphatic heterocycles. The average Bonchev–Trinajstić information content (AvgIpc) is 3.24. The number of furan rings is 1. The molecule has 1 aromatic rings. The normalized spacial score (nSPS) is 19.2.